The largest absolute Gasteiger partial charge is 0.496 e. The van der Waals surface area contributed by atoms with Crippen molar-refractivity contribution in [3.8, 4) is 11.5 Å². The molecule has 26 heavy (non-hydrogen) atoms. The number of carbonyl (C=O) groups excluding carboxylic acids is 2. The molecule has 9 heteroatoms. The van der Waals surface area contributed by atoms with Crippen LogP contribution in [0.25, 0.3) is 0 Å². The van der Waals surface area contributed by atoms with Crippen molar-refractivity contribution in [1.82, 2.24) is 5.43 Å². The van der Waals surface area contributed by atoms with Gasteiger partial charge in [-0.1, -0.05) is 27.5 Å². The molecule has 0 radical (unpaired) electrons. The molecule has 0 aromatic heterocycles. The van der Waals surface area contributed by atoms with E-state index in [2.05, 4.69) is 31.8 Å². The molecule has 2 amide bonds. The van der Waals surface area contributed by atoms with E-state index in [1.54, 1.807) is 30.3 Å². The highest BCUT2D eigenvalue weighted by molar-refractivity contribution is 9.10. The number of hydrogen-bond acceptors (Lipinski definition) is 5. The van der Waals surface area contributed by atoms with Crippen LogP contribution in [0.15, 0.2) is 46.0 Å². The SMILES string of the molecule is COc1ccc(Br)cc1/C=N\NC(=O)C(=O)Nc1cc(Cl)ccc1OC. The molecular formula is C17H15BrClN3O4. The van der Waals surface area contributed by atoms with Crippen LogP contribution in [0.1, 0.15) is 5.56 Å². The molecule has 0 aliphatic carbocycles. The van der Waals surface area contributed by atoms with Gasteiger partial charge in [0.1, 0.15) is 11.5 Å². The number of benzene rings is 2. The summed E-state index contributed by atoms with van der Waals surface area (Å²) in [6, 6.07) is 9.96. The Morgan fingerprint density at radius 3 is 2.46 bits per heavy atom. The summed E-state index contributed by atoms with van der Waals surface area (Å²) in [5, 5.41) is 6.58. The molecule has 0 atom stereocenters. The number of hydrogen-bond donors (Lipinski definition) is 2. The molecular weight excluding hydrogens is 426 g/mol. The molecule has 0 spiro atoms. The van der Waals surface area contributed by atoms with Gasteiger partial charge in [0.2, 0.25) is 0 Å². The smallest absolute Gasteiger partial charge is 0.329 e. The lowest BCUT2D eigenvalue weighted by Crippen LogP contribution is -2.32. The highest BCUT2D eigenvalue weighted by Gasteiger charge is 2.15. The van der Waals surface area contributed by atoms with E-state index in [1.165, 1.54) is 26.5 Å². The Labute approximate surface area is 163 Å². The van der Waals surface area contributed by atoms with Crippen LogP contribution >= 0.6 is 27.5 Å². The van der Waals surface area contributed by atoms with Crippen LogP contribution in [0.4, 0.5) is 5.69 Å². The monoisotopic (exact) mass is 439 g/mol. The first-order chi connectivity index (χ1) is 12.4. The minimum Gasteiger partial charge on any atom is -0.496 e. The van der Waals surface area contributed by atoms with Gasteiger partial charge in [0.15, 0.2) is 0 Å². The third-order valence-corrected chi connectivity index (χ3v) is 3.91. The highest BCUT2D eigenvalue weighted by atomic mass is 79.9. The maximum absolute atomic E-state index is 12.0. The maximum Gasteiger partial charge on any atom is 0.329 e. The normalized spacial score (nSPS) is 10.5. The van der Waals surface area contributed by atoms with Crippen LogP contribution in [0.3, 0.4) is 0 Å². The van der Waals surface area contributed by atoms with Crippen LogP contribution in [-0.4, -0.2) is 32.2 Å². The van der Waals surface area contributed by atoms with Crippen LogP contribution < -0.4 is 20.2 Å². The van der Waals surface area contributed by atoms with E-state index in [1.807, 2.05) is 0 Å². The van der Waals surface area contributed by atoms with Gasteiger partial charge in [-0.2, -0.15) is 5.10 Å². The molecule has 0 unspecified atom stereocenters. The second-order valence-corrected chi connectivity index (χ2v) is 6.24. The van der Waals surface area contributed by atoms with Crippen molar-refractivity contribution in [3.05, 3.63) is 51.5 Å². The number of hydrazone groups is 1. The second kappa shape index (κ2) is 9.21. The molecule has 7 nitrogen and oxygen atoms in total. The molecule has 0 aliphatic rings. The van der Waals surface area contributed by atoms with E-state index in [0.717, 1.165) is 4.47 Å². The Morgan fingerprint density at radius 1 is 1.08 bits per heavy atom. The van der Waals surface area contributed by atoms with Crippen molar-refractivity contribution in [2.24, 2.45) is 5.10 Å². The molecule has 2 N–H and O–H groups in total. The van der Waals surface area contributed by atoms with Crippen LogP contribution in [-0.2, 0) is 9.59 Å². The van der Waals surface area contributed by atoms with Crippen molar-refractivity contribution in [1.29, 1.82) is 0 Å². The maximum atomic E-state index is 12.0. The number of anilines is 1. The summed E-state index contributed by atoms with van der Waals surface area (Å²) in [5.74, 6) is -0.918. The third kappa shape index (κ3) is 5.21. The number of ether oxygens (including phenoxy) is 2. The molecule has 0 fully saturated rings. The Kier molecular flexibility index (Phi) is 6.99. The van der Waals surface area contributed by atoms with Crippen LogP contribution in [0.5, 0.6) is 11.5 Å². The van der Waals surface area contributed by atoms with Gasteiger partial charge in [-0.15, -0.1) is 0 Å². The Balaban J connectivity index is 2.03. The van der Waals surface area contributed by atoms with E-state index in [9.17, 15) is 9.59 Å². The van der Waals surface area contributed by atoms with Gasteiger partial charge in [0, 0.05) is 15.1 Å². The number of carbonyl (C=O) groups is 2. The predicted octanol–water partition coefficient (Wildman–Crippen LogP) is 3.21. The number of methoxy groups -OCH3 is 2. The van der Waals surface area contributed by atoms with E-state index in [4.69, 9.17) is 21.1 Å². The van der Waals surface area contributed by atoms with Crippen LogP contribution in [0.2, 0.25) is 5.02 Å². The minimum atomic E-state index is -0.947. The average Bonchev–Trinajstić information content (AvgIpc) is 2.62. The first-order valence-electron chi connectivity index (χ1n) is 7.26. The lowest BCUT2D eigenvalue weighted by atomic mass is 10.2. The number of rotatable bonds is 5. The van der Waals surface area contributed by atoms with Gasteiger partial charge in [0.05, 0.1) is 26.1 Å². The van der Waals surface area contributed by atoms with Crippen LogP contribution in [0, 0.1) is 0 Å². The number of nitrogens with zero attached hydrogens (tertiary/aromatic N) is 1. The molecule has 0 saturated carbocycles. The molecule has 0 heterocycles. The van der Waals surface area contributed by atoms with Crippen molar-refractivity contribution >= 4 is 51.2 Å². The van der Waals surface area contributed by atoms with Gasteiger partial charge >= 0.3 is 11.8 Å². The Morgan fingerprint density at radius 2 is 1.77 bits per heavy atom. The standard InChI is InChI=1S/C17H15BrClN3O4/c1-25-14-5-3-11(18)7-10(14)9-20-22-17(24)16(23)21-13-8-12(19)4-6-15(13)26-2/h3-9H,1-2H3,(H,21,23)(H,22,24)/b20-9-. The number of nitrogens with one attached hydrogen (secondary N) is 2. The van der Waals surface area contributed by atoms with Crippen molar-refractivity contribution < 1.29 is 19.1 Å². The fourth-order valence-corrected chi connectivity index (χ4v) is 2.53. The molecule has 2 aromatic rings. The third-order valence-electron chi connectivity index (χ3n) is 3.18. The average molecular weight is 441 g/mol. The molecule has 2 rings (SSSR count). The van der Waals surface area contributed by atoms with E-state index >= 15 is 0 Å². The molecule has 0 aliphatic heterocycles. The first-order valence-corrected chi connectivity index (χ1v) is 8.43. The van der Waals surface area contributed by atoms with E-state index in [-0.39, 0.29) is 5.69 Å². The van der Waals surface area contributed by atoms with Gasteiger partial charge < -0.3 is 14.8 Å². The summed E-state index contributed by atoms with van der Waals surface area (Å²) in [4.78, 5) is 23.9. The summed E-state index contributed by atoms with van der Waals surface area (Å²) in [6.45, 7) is 0. The predicted molar refractivity (Wildman–Crippen MR) is 103 cm³/mol. The van der Waals surface area contributed by atoms with Crippen molar-refractivity contribution in [2.75, 3.05) is 19.5 Å². The molecule has 136 valence electrons. The van der Waals surface area contributed by atoms with Gasteiger partial charge in [0.25, 0.3) is 0 Å². The lowest BCUT2D eigenvalue weighted by molar-refractivity contribution is -0.136. The van der Waals surface area contributed by atoms with E-state index in [0.29, 0.717) is 22.1 Å². The Bertz CT molecular complexity index is 858. The van der Waals surface area contributed by atoms with E-state index < -0.39 is 11.8 Å². The highest BCUT2D eigenvalue weighted by Crippen LogP contribution is 2.27. The summed E-state index contributed by atoms with van der Waals surface area (Å²) >= 11 is 9.22. The van der Waals surface area contributed by atoms with Gasteiger partial charge in [-0.05, 0) is 36.4 Å². The number of halogens is 2. The molecule has 0 saturated heterocycles. The van der Waals surface area contributed by atoms with Crippen molar-refractivity contribution in [3.63, 3.8) is 0 Å². The van der Waals surface area contributed by atoms with Gasteiger partial charge in [-0.25, -0.2) is 5.43 Å². The summed E-state index contributed by atoms with van der Waals surface area (Å²) in [5.41, 5.74) is 3.05. The zero-order valence-corrected chi connectivity index (χ0v) is 16.2. The summed E-state index contributed by atoms with van der Waals surface area (Å²) in [7, 11) is 2.96. The molecule has 2 aromatic carbocycles. The minimum absolute atomic E-state index is 0.276. The number of amides is 2. The molecule has 0 bridgehead atoms. The first kappa shape index (κ1) is 19.7. The zero-order valence-electron chi connectivity index (χ0n) is 13.9. The fourth-order valence-electron chi connectivity index (χ4n) is 1.97. The summed E-state index contributed by atoms with van der Waals surface area (Å²) < 4.78 is 11.1. The second-order valence-electron chi connectivity index (χ2n) is 4.88. The zero-order chi connectivity index (χ0) is 19.1. The quantitative estimate of drug-likeness (QED) is 0.424. The summed E-state index contributed by atoms with van der Waals surface area (Å²) in [6.07, 6.45) is 1.37. The topological polar surface area (TPSA) is 89.0 Å². The fraction of sp³-hybridized carbons (Fsp3) is 0.118. The van der Waals surface area contributed by atoms with Crippen molar-refractivity contribution in [2.45, 2.75) is 0 Å². The van der Waals surface area contributed by atoms with Gasteiger partial charge in [-0.3, -0.25) is 9.59 Å². The Hall–Kier alpha value is -2.58. The lowest BCUT2D eigenvalue weighted by Gasteiger charge is -2.09.